The number of amides is 2. The van der Waals surface area contributed by atoms with Gasteiger partial charge in [0.05, 0.1) is 5.69 Å². The van der Waals surface area contributed by atoms with Gasteiger partial charge in [0, 0.05) is 11.9 Å². The number of hydrogen-bond acceptors (Lipinski definition) is 1. The molecule has 0 spiro atoms. The van der Waals surface area contributed by atoms with Crippen LogP contribution < -0.4 is 10.2 Å². The normalized spacial score (nSPS) is 11.4. The number of anilines is 1. The summed E-state index contributed by atoms with van der Waals surface area (Å²) in [5.74, 6) is 0. The first-order chi connectivity index (χ1) is 9.92. The topological polar surface area (TPSA) is 32.3 Å². The standard InChI is InChI=1S/C15H15F3N2O/c1-2-20(14(21)19-10-15(16,17)18)13-9-5-7-11-6-3-4-8-12(11)13/h3-9H,2,10H2,1H3,(H,19,21). The molecule has 6 heteroatoms. The first-order valence-electron chi connectivity index (χ1n) is 6.52. The molecule has 2 rings (SSSR count). The van der Waals surface area contributed by atoms with Crippen molar-refractivity contribution in [2.24, 2.45) is 0 Å². The molecule has 0 fully saturated rings. The van der Waals surface area contributed by atoms with Gasteiger partial charge >= 0.3 is 12.2 Å². The Balaban J connectivity index is 2.29. The second-order valence-electron chi connectivity index (χ2n) is 4.52. The zero-order valence-corrected chi connectivity index (χ0v) is 11.4. The van der Waals surface area contributed by atoms with Gasteiger partial charge in [-0.05, 0) is 18.4 Å². The number of benzene rings is 2. The number of halogens is 3. The molecule has 2 aromatic carbocycles. The van der Waals surface area contributed by atoms with Crippen molar-refractivity contribution in [3.8, 4) is 0 Å². The third-order valence-corrected chi connectivity index (χ3v) is 3.06. The maximum absolute atomic E-state index is 12.2. The van der Waals surface area contributed by atoms with Gasteiger partial charge in [-0.1, -0.05) is 36.4 Å². The molecule has 0 aliphatic rings. The molecule has 0 aliphatic carbocycles. The molecule has 0 bridgehead atoms. The Bertz CT molecular complexity index is 635. The molecular weight excluding hydrogens is 281 g/mol. The number of nitrogens with zero attached hydrogens (tertiary/aromatic N) is 1. The average molecular weight is 296 g/mol. The van der Waals surface area contributed by atoms with Crippen LogP contribution in [0.2, 0.25) is 0 Å². The highest BCUT2D eigenvalue weighted by Gasteiger charge is 2.29. The van der Waals surface area contributed by atoms with E-state index >= 15 is 0 Å². The van der Waals surface area contributed by atoms with Crippen molar-refractivity contribution in [3.05, 3.63) is 42.5 Å². The van der Waals surface area contributed by atoms with E-state index in [1.54, 1.807) is 19.1 Å². The van der Waals surface area contributed by atoms with Crippen molar-refractivity contribution in [1.82, 2.24) is 5.32 Å². The summed E-state index contributed by atoms with van der Waals surface area (Å²) in [6.45, 7) is 0.653. The van der Waals surface area contributed by atoms with Crippen molar-refractivity contribution in [1.29, 1.82) is 0 Å². The van der Waals surface area contributed by atoms with Gasteiger partial charge in [0.2, 0.25) is 0 Å². The Hall–Kier alpha value is -2.24. The molecule has 21 heavy (non-hydrogen) atoms. The molecule has 0 unspecified atom stereocenters. The molecule has 0 aliphatic heterocycles. The minimum atomic E-state index is -4.42. The molecule has 0 aromatic heterocycles. The van der Waals surface area contributed by atoms with E-state index < -0.39 is 18.8 Å². The Labute approximate surface area is 120 Å². The lowest BCUT2D eigenvalue weighted by Crippen LogP contribution is -2.43. The maximum Gasteiger partial charge on any atom is 0.405 e. The van der Waals surface area contributed by atoms with Crippen LogP contribution in [0.3, 0.4) is 0 Å². The zero-order chi connectivity index (χ0) is 15.5. The van der Waals surface area contributed by atoms with Crippen LogP contribution in [-0.4, -0.2) is 25.3 Å². The van der Waals surface area contributed by atoms with E-state index in [4.69, 9.17) is 0 Å². The Kier molecular flexibility index (Phi) is 4.35. The maximum atomic E-state index is 12.2. The van der Waals surface area contributed by atoms with Crippen LogP contribution in [0.5, 0.6) is 0 Å². The molecular formula is C15H15F3N2O. The van der Waals surface area contributed by atoms with E-state index in [9.17, 15) is 18.0 Å². The van der Waals surface area contributed by atoms with Crippen LogP contribution in [0.4, 0.5) is 23.7 Å². The van der Waals surface area contributed by atoms with Crippen LogP contribution in [0.15, 0.2) is 42.5 Å². The summed E-state index contributed by atoms with van der Waals surface area (Å²) >= 11 is 0. The number of fused-ring (bicyclic) bond motifs is 1. The van der Waals surface area contributed by atoms with Gasteiger partial charge in [0.1, 0.15) is 6.54 Å². The lowest BCUT2D eigenvalue weighted by Gasteiger charge is -2.23. The first kappa shape index (κ1) is 15.2. The lowest BCUT2D eigenvalue weighted by molar-refractivity contribution is -0.122. The molecule has 1 N–H and O–H groups in total. The Morgan fingerprint density at radius 3 is 2.48 bits per heavy atom. The van der Waals surface area contributed by atoms with Crippen LogP contribution in [0, 0.1) is 0 Å². The molecule has 2 amide bonds. The second kappa shape index (κ2) is 6.03. The predicted molar refractivity (Wildman–Crippen MR) is 76.4 cm³/mol. The largest absolute Gasteiger partial charge is 0.405 e. The van der Waals surface area contributed by atoms with Gasteiger partial charge in [-0.3, -0.25) is 4.90 Å². The van der Waals surface area contributed by atoms with Crippen molar-refractivity contribution in [2.75, 3.05) is 18.0 Å². The van der Waals surface area contributed by atoms with Crippen LogP contribution in [0.25, 0.3) is 10.8 Å². The summed E-state index contributed by atoms with van der Waals surface area (Å²) in [5, 5.41) is 3.65. The van der Waals surface area contributed by atoms with Crippen molar-refractivity contribution >= 4 is 22.5 Å². The lowest BCUT2D eigenvalue weighted by atomic mass is 10.1. The van der Waals surface area contributed by atoms with Crippen molar-refractivity contribution in [3.63, 3.8) is 0 Å². The fraction of sp³-hybridized carbons (Fsp3) is 0.267. The summed E-state index contributed by atoms with van der Waals surface area (Å²) in [4.78, 5) is 13.3. The second-order valence-corrected chi connectivity index (χ2v) is 4.52. The minimum Gasteiger partial charge on any atom is -0.329 e. The van der Waals surface area contributed by atoms with Gasteiger partial charge in [-0.2, -0.15) is 13.2 Å². The van der Waals surface area contributed by atoms with Gasteiger partial charge in [0.25, 0.3) is 0 Å². The van der Waals surface area contributed by atoms with Crippen molar-refractivity contribution < 1.29 is 18.0 Å². The van der Waals surface area contributed by atoms with Gasteiger partial charge in [-0.15, -0.1) is 0 Å². The molecule has 0 saturated heterocycles. The third kappa shape index (κ3) is 3.65. The fourth-order valence-electron chi connectivity index (χ4n) is 2.14. The summed E-state index contributed by atoms with van der Waals surface area (Å²) < 4.78 is 36.6. The van der Waals surface area contributed by atoms with E-state index in [0.717, 1.165) is 10.8 Å². The predicted octanol–water partition coefficient (Wildman–Crippen LogP) is 3.94. The van der Waals surface area contributed by atoms with Crippen LogP contribution in [0.1, 0.15) is 6.92 Å². The fourth-order valence-corrected chi connectivity index (χ4v) is 2.14. The zero-order valence-electron chi connectivity index (χ0n) is 11.4. The van der Waals surface area contributed by atoms with Gasteiger partial charge < -0.3 is 5.32 Å². The summed E-state index contributed by atoms with van der Waals surface area (Å²) in [6.07, 6.45) is -4.42. The van der Waals surface area contributed by atoms with E-state index in [1.165, 1.54) is 4.90 Å². The third-order valence-electron chi connectivity index (χ3n) is 3.06. The number of urea groups is 1. The number of nitrogens with one attached hydrogen (secondary N) is 1. The minimum absolute atomic E-state index is 0.275. The summed E-state index contributed by atoms with van der Waals surface area (Å²) in [6, 6.07) is 12.0. The van der Waals surface area contributed by atoms with Gasteiger partial charge in [-0.25, -0.2) is 4.79 Å². The highest BCUT2D eigenvalue weighted by Crippen LogP contribution is 2.26. The quantitative estimate of drug-likeness (QED) is 0.914. The molecule has 0 saturated carbocycles. The SMILES string of the molecule is CCN(C(=O)NCC(F)(F)F)c1cccc2ccccc12. The number of alkyl halides is 3. The van der Waals surface area contributed by atoms with E-state index in [2.05, 4.69) is 0 Å². The average Bonchev–Trinajstić information content (AvgIpc) is 2.45. The molecule has 3 nitrogen and oxygen atoms in total. The van der Waals surface area contributed by atoms with E-state index in [1.807, 2.05) is 35.6 Å². The van der Waals surface area contributed by atoms with Crippen molar-refractivity contribution in [2.45, 2.75) is 13.1 Å². The first-order valence-corrected chi connectivity index (χ1v) is 6.52. The van der Waals surface area contributed by atoms with Crippen LogP contribution in [-0.2, 0) is 0 Å². The molecule has 0 heterocycles. The Morgan fingerprint density at radius 1 is 1.14 bits per heavy atom. The number of carbonyl (C=O) groups is 1. The van der Waals surface area contributed by atoms with Crippen LogP contribution >= 0.6 is 0 Å². The highest BCUT2D eigenvalue weighted by atomic mass is 19.4. The molecule has 2 aromatic rings. The molecule has 112 valence electrons. The summed E-state index contributed by atoms with van der Waals surface area (Å²) in [7, 11) is 0. The Morgan fingerprint density at radius 2 is 1.81 bits per heavy atom. The highest BCUT2D eigenvalue weighted by molar-refractivity contribution is 6.03. The number of rotatable bonds is 3. The monoisotopic (exact) mass is 296 g/mol. The molecule has 0 radical (unpaired) electrons. The number of hydrogen-bond donors (Lipinski definition) is 1. The number of carbonyl (C=O) groups excluding carboxylic acids is 1. The van der Waals surface area contributed by atoms with Gasteiger partial charge in [0.15, 0.2) is 0 Å². The summed E-state index contributed by atoms with van der Waals surface area (Å²) in [5.41, 5.74) is 0.593. The smallest absolute Gasteiger partial charge is 0.329 e. The van der Waals surface area contributed by atoms with E-state index in [-0.39, 0.29) is 6.54 Å². The van der Waals surface area contributed by atoms with E-state index in [0.29, 0.717) is 5.69 Å². The molecule has 0 atom stereocenters.